The largest absolute Gasteiger partial charge is 0.394 e. The van der Waals surface area contributed by atoms with Crippen molar-refractivity contribution >= 4 is 17.4 Å². The second-order valence-corrected chi connectivity index (χ2v) is 6.15. The molecular weight excluding hydrogens is 352 g/mol. The summed E-state index contributed by atoms with van der Waals surface area (Å²) in [5, 5.41) is 47.6. The van der Waals surface area contributed by atoms with Gasteiger partial charge in [-0.3, -0.25) is 19.6 Å². The first-order chi connectivity index (χ1) is 12.1. The molecule has 1 aliphatic heterocycles. The number of fused-ring (bicyclic) bond motifs is 1. The molecule has 1 aliphatic rings. The Bertz CT molecular complexity index is 760. The average Bonchev–Trinajstić information content (AvgIpc) is 2.56. The van der Waals surface area contributed by atoms with Gasteiger partial charge in [0.15, 0.2) is 5.69 Å². The van der Waals surface area contributed by atoms with Gasteiger partial charge in [0, 0.05) is 6.54 Å². The van der Waals surface area contributed by atoms with Crippen molar-refractivity contribution in [3.63, 3.8) is 0 Å². The van der Waals surface area contributed by atoms with Gasteiger partial charge in [-0.05, 0) is 6.92 Å². The van der Waals surface area contributed by atoms with Crippen molar-refractivity contribution in [2.24, 2.45) is 0 Å². The number of nitrogens with zero attached hydrogens (tertiary/aromatic N) is 2. The Morgan fingerprint density at radius 1 is 1.04 bits per heavy atom. The molecule has 0 spiro atoms. The minimum atomic E-state index is -1.71. The third kappa shape index (κ3) is 4.11. The molecule has 0 saturated carbocycles. The van der Waals surface area contributed by atoms with Gasteiger partial charge >= 0.3 is 5.69 Å². The third-order valence-electron chi connectivity index (χ3n) is 3.94. The van der Waals surface area contributed by atoms with E-state index in [-0.39, 0.29) is 24.6 Å². The number of amides is 1. The van der Waals surface area contributed by atoms with E-state index in [9.17, 15) is 34.8 Å². The summed E-state index contributed by atoms with van der Waals surface area (Å²) in [5.41, 5.74) is -1.89. The highest BCUT2D eigenvalue weighted by Gasteiger charge is 2.35. The Balaban J connectivity index is 2.40. The molecular formula is C14H22N4O8. The minimum absolute atomic E-state index is 0.0660. The Morgan fingerprint density at radius 2 is 1.69 bits per heavy atom. The van der Waals surface area contributed by atoms with Crippen LogP contribution in [0.25, 0.3) is 0 Å². The Morgan fingerprint density at radius 3 is 2.27 bits per heavy atom. The number of aromatic nitrogens is 2. The number of anilines is 2. The van der Waals surface area contributed by atoms with E-state index in [1.807, 2.05) is 4.98 Å². The first kappa shape index (κ1) is 20.1. The number of carbonyl (C=O) groups is 1. The molecule has 0 aliphatic carbocycles. The minimum Gasteiger partial charge on any atom is -0.394 e. The van der Waals surface area contributed by atoms with Gasteiger partial charge in [-0.1, -0.05) is 0 Å². The van der Waals surface area contributed by atoms with Crippen molar-refractivity contribution in [1.29, 1.82) is 0 Å². The highest BCUT2D eigenvalue weighted by molar-refractivity contribution is 6.02. The summed E-state index contributed by atoms with van der Waals surface area (Å²) in [6.07, 6.45) is -5.82. The Labute approximate surface area is 146 Å². The highest BCUT2D eigenvalue weighted by atomic mass is 16.4. The van der Waals surface area contributed by atoms with Gasteiger partial charge in [-0.2, -0.15) is 0 Å². The van der Waals surface area contributed by atoms with Gasteiger partial charge in [-0.25, -0.2) is 4.79 Å². The lowest BCUT2D eigenvalue weighted by Crippen LogP contribution is -2.55. The number of nitrogens with one attached hydrogen (secondary N) is 2. The zero-order chi connectivity index (χ0) is 19.6. The Kier molecular flexibility index (Phi) is 6.15. The predicted octanol–water partition coefficient (Wildman–Crippen LogP) is -4.33. The van der Waals surface area contributed by atoms with Crippen LogP contribution < -0.4 is 21.0 Å². The lowest BCUT2D eigenvalue weighted by molar-refractivity contribution is -0.118. The lowest BCUT2D eigenvalue weighted by atomic mass is 10.1. The molecule has 2 heterocycles. The fourth-order valence-electron chi connectivity index (χ4n) is 2.71. The van der Waals surface area contributed by atoms with Crippen LogP contribution in [0.2, 0.25) is 0 Å². The molecule has 1 unspecified atom stereocenters. The highest BCUT2D eigenvalue weighted by Crippen LogP contribution is 2.27. The summed E-state index contributed by atoms with van der Waals surface area (Å²) in [4.78, 5) is 42.7. The summed E-state index contributed by atoms with van der Waals surface area (Å²) in [5.74, 6) is -0.635. The van der Waals surface area contributed by atoms with Gasteiger partial charge in [0.2, 0.25) is 5.91 Å². The summed E-state index contributed by atoms with van der Waals surface area (Å²) in [6.45, 7) is -0.289. The van der Waals surface area contributed by atoms with Gasteiger partial charge in [0.1, 0.15) is 24.1 Å². The molecule has 1 amide bonds. The first-order valence-corrected chi connectivity index (χ1v) is 7.90. The van der Waals surface area contributed by atoms with Crippen LogP contribution in [0.15, 0.2) is 9.59 Å². The number of carbonyl (C=O) groups excluding carboxylic acids is 1. The molecule has 0 saturated heterocycles. The van der Waals surface area contributed by atoms with Crippen molar-refractivity contribution < 1.29 is 30.3 Å². The molecule has 146 valence electrons. The molecule has 7 N–H and O–H groups in total. The summed E-state index contributed by atoms with van der Waals surface area (Å²) < 4.78 is 0. The molecule has 1 aromatic heterocycles. The van der Waals surface area contributed by atoms with Crippen LogP contribution in [0.3, 0.4) is 0 Å². The fraction of sp³-hybridized carbons (Fsp3) is 0.643. The van der Waals surface area contributed by atoms with Gasteiger partial charge in [0.25, 0.3) is 5.56 Å². The van der Waals surface area contributed by atoms with E-state index < -0.39 is 54.7 Å². The van der Waals surface area contributed by atoms with Crippen LogP contribution >= 0.6 is 0 Å². The van der Waals surface area contributed by atoms with E-state index in [2.05, 4.69) is 4.98 Å². The topological polar surface area (TPSA) is 190 Å². The molecule has 4 atom stereocenters. The zero-order valence-corrected chi connectivity index (χ0v) is 14.0. The molecule has 12 heteroatoms. The van der Waals surface area contributed by atoms with E-state index in [1.165, 1.54) is 11.8 Å². The number of β-amino-alcohol motifs (C(OH)–C–C–N with tert-alkyl or cyclic N) is 2. The molecule has 0 bridgehead atoms. The summed E-state index contributed by atoms with van der Waals surface area (Å²) in [7, 11) is 0. The van der Waals surface area contributed by atoms with Crippen LogP contribution in [0, 0.1) is 0 Å². The molecule has 12 nitrogen and oxygen atoms in total. The van der Waals surface area contributed by atoms with E-state index in [0.717, 1.165) is 4.90 Å². The monoisotopic (exact) mass is 374 g/mol. The van der Waals surface area contributed by atoms with E-state index in [1.54, 1.807) is 0 Å². The summed E-state index contributed by atoms with van der Waals surface area (Å²) in [6, 6.07) is 0. The van der Waals surface area contributed by atoms with Crippen LogP contribution in [0.4, 0.5) is 11.5 Å². The van der Waals surface area contributed by atoms with Crippen LogP contribution in [0.5, 0.6) is 0 Å². The van der Waals surface area contributed by atoms with Crippen molar-refractivity contribution in [1.82, 2.24) is 9.97 Å². The van der Waals surface area contributed by atoms with Crippen molar-refractivity contribution in [2.45, 2.75) is 31.3 Å². The number of hydrogen-bond acceptors (Lipinski definition) is 9. The van der Waals surface area contributed by atoms with Gasteiger partial charge in [0.05, 0.1) is 25.8 Å². The molecule has 2 rings (SSSR count). The van der Waals surface area contributed by atoms with Gasteiger partial charge in [-0.15, -0.1) is 0 Å². The van der Waals surface area contributed by atoms with Crippen molar-refractivity contribution in [3.8, 4) is 0 Å². The first-order valence-electron chi connectivity index (χ1n) is 7.90. The van der Waals surface area contributed by atoms with E-state index in [0.29, 0.717) is 0 Å². The van der Waals surface area contributed by atoms with E-state index in [4.69, 9.17) is 5.11 Å². The number of H-pyrrole nitrogens is 2. The predicted molar refractivity (Wildman–Crippen MR) is 89.0 cm³/mol. The van der Waals surface area contributed by atoms with Crippen molar-refractivity contribution in [3.05, 3.63) is 20.8 Å². The number of aromatic amines is 2. The number of aliphatic hydroxyl groups is 5. The average molecular weight is 374 g/mol. The second-order valence-electron chi connectivity index (χ2n) is 6.15. The van der Waals surface area contributed by atoms with E-state index >= 15 is 0 Å². The summed E-state index contributed by atoms with van der Waals surface area (Å²) >= 11 is 0. The smallest absolute Gasteiger partial charge is 0.327 e. The maximum Gasteiger partial charge on any atom is 0.327 e. The third-order valence-corrected chi connectivity index (χ3v) is 3.94. The standard InChI is InChI=1S/C14H22N4O8/c1-6(20)2-18-9(23)4-17(3-7(21)11(24)8(22)5-19)12-10(18)13(25)16-14(26)15-12/h6-8,11,19-22,24H,2-5H2,1H3,(H2,15,16,25,26)/t6?,7-,8+,11-/m0/s1. The van der Waals surface area contributed by atoms with Crippen LogP contribution in [-0.4, -0.2) is 92.1 Å². The quantitative estimate of drug-likeness (QED) is 0.247. The molecule has 1 aromatic rings. The maximum atomic E-state index is 12.4. The van der Waals surface area contributed by atoms with Gasteiger partial charge < -0.3 is 35.3 Å². The number of aliphatic hydroxyl groups excluding tert-OH is 5. The lowest BCUT2D eigenvalue weighted by Gasteiger charge is -2.37. The molecule has 26 heavy (non-hydrogen) atoms. The maximum absolute atomic E-state index is 12.4. The number of hydrogen-bond donors (Lipinski definition) is 7. The molecule has 0 fully saturated rings. The molecule has 0 aromatic carbocycles. The normalized spacial score (nSPS) is 19.1. The molecule has 0 radical (unpaired) electrons. The second kappa shape index (κ2) is 7.97. The zero-order valence-electron chi connectivity index (χ0n) is 14.0. The Hall–Kier alpha value is -2.25. The van der Waals surface area contributed by atoms with Crippen LogP contribution in [-0.2, 0) is 4.79 Å². The fourth-order valence-corrected chi connectivity index (χ4v) is 2.71. The number of rotatable bonds is 7. The van der Waals surface area contributed by atoms with Crippen molar-refractivity contribution in [2.75, 3.05) is 36.0 Å². The SMILES string of the molecule is CC(O)CN1C(=O)CN(C[C@H](O)[C@H](O)[C@H](O)CO)c2[nH]c(=O)[nH]c(=O)c21. The van der Waals surface area contributed by atoms with Crippen LogP contribution in [0.1, 0.15) is 6.92 Å².